The molecule has 2 atom stereocenters. The van der Waals surface area contributed by atoms with E-state index in [1.807, 2.05) is 0 Å². The number of hydrogen-bond donors (Lipinski definition) is 1. The van der Waals surface area contributed by atoms with Crippen LogP contribution in [-0.4, -0.2) is 23.0 Å². The SMILES string of the molecule is CCCCC(CC)CO/[P+]([O-])=C(/CC)C(=O)O. The fraction of sp³-hybridized carbons (Fsp3) is 0.833. The van der Waals surface area contributed by atoms with E-state index in [4.69, 9.17) is 9.63 Å². The van der Waals surface area contributed by atoms with Crippen molar-refractivity contribution in [2.45, 2.75) is 52.9 Å². The molecule has 17 heavy (non-hydrogen) atoms. The number of unbranched alkanes of at least 4 members (excludes halogenated alkanes) is 1. The lowest BCUT2D eigenvalue weighted by atomic mass is 10.0. The second-order valence-electron chi connectivity index (χ2n) is 4.07. The maximum absolute atomic E-state index is 11.6. The van der Waals surface area contributed by atoms with Gasteiger partial charge in [-0.25, -0.2) is 4.79 Å². The number of aliphatic carboxylic acids is 1. The molecule has 0 aliphatic carbocycles. The molecule has 0 amide bonds. The van der Waals surface area contributed by atoms with E-state index in [-0.39, 0.29) is 11.7 Å². The van der Waals surface area contributed by atoms with E-state index in [2.05, 4.69) is 13.8 Å². The molecule has 5 heteroatoms. The predicted molar refractivity (Wildman–Crippen MR) is 69.1 cm³/mol. The summed E-state index contributed by atoms with van der Waals surface area (Å²) in [4.78, 5) is 22.4. The van der Waals surface area contributed by atoms with Gasteiger partial charge in [-0.15, -0.1) is 0 Å². The third-order valence-electron chi connectivity index (χ3n) is 2.77. The molecule has 0 radical (unpaired) electrons. The summed E-state index contributed by atoms with van der Waals surface area (Å²) in [7, 11) is -2.17. The van der Waals surface area contributed by atoms with Gasteiger partial charge in [0.1, 0.15) is 6.61 Å². The molecule has 4 nitrogen and oxygen atoms in total. The van der Waals surface area contributed by atoms with Gasteiger partial charge in [0, 0.05) is 6.42 Å². The average Bonchev–Trinajstić information content (AvgIpc) is 2.29. The van der Waals surface area contributed by atoms with Crippen LogP contribution in [0.25, 0.3) is 0 Å². The van der Waals surface area contributed by atoms with Gasteiger partial charge in [0.2, 0.25) is 13.3 Å². The number of hydrogen-bond acceptors (Lipinski definition) is 3. The van der Waals surface area contributed by atoms with Crippen molar-refractivity contribution in [3.63, 3.8) is 0 Å². The summed E-state index contributed by atoms with van der Waals surface area (Å²) < 4.78 is 5.20. The van der Waals surface area contributed by atoms with E-state index in [1.165, 1.54) is 0 Å². The molecule has 0 aromatic heterocycles. The molecule has 0 aliphatic rings. The molecule has 0 aliphatic heterocycles. The first kappa shape index (κ1) is 16.6. The van der Waals surface area contributed by atoms with Crippen LogP contribution < -0.4 is 4.89 Å². The highest BCUT2D eigenvalue weighted by Crippen LogP contribution is 2.22. The minimum absolute atomic E-state index is 0.0228. The third-order valence-corrected chi connectivity index (χ3v) is 4.10. The third kappa shape index (κ3) is 6.77. The Morgan fingerprint density at radius 1 is 1.41 bits per heavy atom. The van der Waals surface area contributed by atoms with Crippen molar-refractivity contribution >= 4 is 19.3 Å². The van der Waals surface area contributed by atoms with Gasteiger partial charge in [-0.1, -0.05) is 40.0 Å². The highest BCUT2D eigenvalue weighted by molar-refractivity contribution is 7.49. The fourth-order valence-corrected chi connectivity index (χ4v) is 2.42. The smallest absolute Gasteiger partial charge is 0.377 e. The van der Waals surface area contributed by atoms with E-state index >= 15 is 0 Å². The molecule has 0 aromatic rings. The van der Waals surface area contributed by atoms with Gasteiger partial charge < -0.3 is 10.00 Å². The first-order chi connectivity index (χ1) is 8.06. The van der Waals surface area contributed by atoms with Crippen LogP contribution in [0.2, 0.25) is 0 Å². The van der Waals surface area contributed by atoms with Gasteiger partial charge in [-0.05, 0) is 12.3 Å². The van der Waals surface area contributed by atoms with Gasteiger partial charge in [-0.2, -0.15) is 4.52 Å². The zero-order valence-electron chi connectivity index (χ0n) is 10.9. The van der Waals surface area contributed by atoms with Crippen molar-refractivity contribution < 1.29 is 19.3 Å². The average molecular weight is 262 g/mol. The van der Waals surface area contributed by atoms with Crippen molar-refractivity contribution in [3.05, 3.63) is 0 Å². The van der Waals surface area contributed by atoms with Crippen molar-refractivity contribution in [2.24, 2.45) is 5.92 Å². The Morgan fingerprint density at radius 2 is 2.06 bits per heavy atom. The maximum atomic E-state index is 11.6. The summed E-state index contributed by atoms with van der Waals surface area (Å²) >= 11 is 0. The monoisotopic (exact) mass is 262 g/mol. The molecule has 1 N–H and O–H groups in total. The maximum Gasteiger partial charge on any atom is 0.377 e. The molecule has 100 valence electrons. The second-order valence-corrected chi connectivity index (χ2v) is 5.39. The molecule has 0 saturated carbocycles. The quantitative estimate of drug-likeness (QED) is 0.648. The highest BCUT2D eigenvalue weighted by atomic mass is 31.1. The summed E-state index contributed by atoms with van der Waals surface area (Å²) in [6.07, 6.45) is 4.53. The fourth-order valence-electron chi connectivity index (χ4n) is 1.51. The Kier molecular flexibility index (Phi) is 9.33. The number of carboxylic acids is 1. The van der Waals surface area contributed by atoms with Gasteiger partial charge in [0.05, 0.1) is 0 Å². The first-order valence-corrected chi connectivity index (χ1v) is 7.43. The summed E-state index contributed by atoms with van der Waals surface area (Å²) in [6.45, 7) is 6.26. The molecular weight excluding hydrogens is 239 g/mol. The zero-order valence-corrected chi connectivity index (χ0v) is 11.8. The summed E-state index contributed by atoms with van der Waals surface area (Å²) in [6, 6.07) is 0. The summed E-state index contributed by atoms with van der Waals surface area (Å²) in [5.74, 6) is -0.740. The lowest BCUT2D eigenvalue weighted by molar-refractivity contribution is -0.173. The second kappa shape index (κ2) is 9.58. The molecule has 0 heterocycles. The van der Waals surface area contributed by atoms with Crippen molar-refractivity contribution in [2.75, 3.05) is 6.61 Å². The summed E-state index contributed by atoms with van der Waals surface area (Å²) in [5, 5.41) is 8.78. The van der Waals surface area contributed by atoms with Gasteiger partial charge >= 0.3 is 5.97 Å². The van der Waals surface area contributed by atoms with Gasteiger partial charge in [0.25, 0.3) is 0 Å². The lowest BCUT2D eigenvalue weighted by Gasteiger charge is -2.12. The Morgan fingerprint density at radius 3 is 2.47 bits per heavy atom. The Hall–Kier alpha value is -0.440. The molecule has 2 unspecified atom stereocenters. The van der Waals surface area contributed by atoms with E-state index in [0.717, 1.165) is 25.7 Å². The number of rotatable bonds is 9. The predicted octanol–water partition coefficient (Wildman–Crippen LogP) is 2.56. The van der Waals surface area contributed by atoms with Gasteiger partial charge in [0.15, 0.2) is 0 Å². The molecule has 0 bridgehead atoms. The molecule has 0 spiro atoms. The van der Waals surface area contributed by atoms with E-state index in [0.29, 0.717) is 12.5 Å². The van der Waals surface area contributed by atoms with Crippen LogP contribution in [0.15, 0.2) is 0 Å². The molecular formula is C12H23O4P. The standard InChI is InChI=1S/C12H23O4P/c1-4-7-8-10(5-2)9-16-17(15)11(6-3)12(13)14/h10H,4-9H2,1-3H3,(H,13,14). The minimum atomic E-state index is -2.17. The van der Waals surface area contributed by atoms with Crippen molar-refractivity contribution in [1.82, 2.24) is 0 Å². The van der Waals surface area contributed by atoms with E-state index in [9.17, 15) is 9.69 Å². The number of carboxylic acid groups (broad SMARTS) is 1. The van der Waals surface area contributed by atoms with Crippen LogP contribution in [0.1, 0.15) is 52.9 Å². The lowest BCUT2D eigenvalue weighted by Crippen LogP contribution is -2.16. The van der Waals surface area contributed by atoms with Crippen LogP contribution in [0.3, 0.4) is 0 Å². The Balaban J connectivity index is 4.27. The minimum Gasteiger partial charge on any atom is -0.603 e. The van der Waals surface area contributed by atoms with Crippen LogP contribution in [0, 0.1) is 5.92 Å². The van der Waals surface area contributed by atoms with Crippen molar-refractivity contribution in [1.29, 1.82) is 0 Å². The van der Waals surface area contributed by atoms with Crippen molar-refractivity contribution in [3.8, 4) is 0 Å². The molecule has 0 fully saturated rings. The highest BCUT2D eigenvalue weighted by Gasteiger charge is 2.19. The molecule has 0 aromatic carbocycles. The van der Waals surface area contributed by atoms with Crippen LogP contribution in [0.4, 0.5) is 0 Å². The van der Waals surface area contributed by atoms with E-state index < -0.39 is 14.0 Å². The van der Waals surface area contributed by atoms with Crippen LogP contribution in [-0.2, 0) is 9.32 Å². The first-order valence-electron chi connectivity index (χ1n) is 6.25. The van der Waals surface area contributed by atoms with Crippen LogP contribution in [0.5, 0.6) is 0 Å². The largest absolute Gasteiger partial charge is 0.603 e. The normalized spacial score (nSPS) is 14.4. The molecule has 0 saturated heterocycles. The Bertz CT molecular complexity index is 263. The zero-order chi connectivity index (χ0) is 13.3. The van der Waals surface area contributed by atoms with E-state index in [1.54, 1.807) is 6.92 Å². The summed E-state index contributed by atoms with van der Waals surface area (Å²) in [5.41, 5.74) is 0. The van der Waals surface area contributed by atoms with Gasteiger partial charge in [-0.3, -0.25) is 0 Å². The van der Waals surface area contributed by atoms with Crippen LogP contribution >= 0.6 is 8.00 Å². The topological polar surface area (TPSA) is 69.6 Å². The number of carbonyl (C=O) groups is 1. The Labute approximate surface area is 105 Å². The molecule has 0 rings (SSSR count).